The Balaban J connectivity index is 1.73. The summed E-state index contributed by atoms with van der Waals surface area (Å²) >= 11 is 3.25. The summed E-state index contributed by atoms with van der Waals surface area (Å²) in [5, 5.41) is 6.17. The number of nitrogens with one attached hydrogen (secondary N) is 2. The Bertz CT molecular complexity index is 1100. The predicted octanol–water partition coefficient (Wildman–Crippen LogP) is 4.11. The molecule has 0 aliphatic heterocycles. The van der Waals surface area contributed by atoms with Crippen LogP contribution in [0, 0.1) is 0 Å². The molecule has 0 aliphatic rings. The molecule has 1 heterocycles. The molecule has 0 spiro atoms. The van der Waals surface area contributed by atoms with E-state index in [2.05, 4.69) is 10.6 Å². The normalized spacial score (nSPS) is 10.4. The average molecular weight is 514 g/mol. The van der Waals surface area contributed by atoms with E-state index in [1.54, 1.807) is 27.4 Å². The van der Waals surface area contributed by atoms with Crippen molar-refractivity contribution in [3.63, 3.8) is 0 Å². The Morgan fingerprint density at radius 1 is 0.938 bits per heavy atom. The second-order valence-corrected chi connectivity index (χ2v) is 8.61. The number of carbonyl (C=O) groups is 2. The molecule has 0 fully saturated rings. The Kier molecular flexibility index (Phi) is 8.19. The first-order valence-electron chi connectivity index (χ1n) is 9.72. The molecule has 0 bridgehead atoms. The van der Waals surface area contributed by atoms with Crippen molar-refractivity contribution in [3.05, 3.63) is 59.7 Å². The monoisotopic (exact) mass is 514 g/mol. The van der Waals surface area contributed by atoms with E-state index in [1.807, 2.05) is 59.3 Å². The van der Waals surface area contributed by atoms with Crippen LogP contribution in [-0.2, 0) is 6.42 Å². The number of hydrogen-bond donors (Lipinski definition) is 2. The van der Waals surface area contributed by atoms with Crippen LogP contribution in [0.15, 0.2) is 48.5 Å². The number of anilines is 1. The van der Waals surface area contributed by atoms with E-state index in [9.17, 15) is 9.59 Å². The van der Waals surface area contributed by atoms with Gasteiger partial charge in [-0.3, -0.25) is 0 Å². The molecule has 3 aromatic rings. The van der Waals surface area contributed by atoms with Gasteiger partial charge in [0, 0.05) is 0 Å². The van der Waals surface area contributed by atoms with Crippen LogP contribution in [0.2, 0.25) is 0 Å². The van der Waals surface area contributed by atoms with Gasteiger partial charge in [0.1, 0.15) is 0 Å². The zero-order valence-electron chi connectivity index (χ0n) is 17.9. The van der Waals surface area contributed by atoms with Gasteiger partial charge in [0.2, 0.25) is 0 Å². The summed E-state index contributed by atoms with van der Waals surface area (Å²) in [6.45, 7) is 0.428. The van der Waals surface area contributed by atoms with E-state index in [1.165, 1.54) is 11.3 Å². The van der Waals surface area contributed by atoms with Gasteiger partial charge in [-0.25, -0.2) is 0 Å². The van der Waals surface area contributed by atoms with E-state index in [0.717, 1.165) is 21.8 Å². The van der Waals surface area contributed by atoms with Gasteiger partial charge in [0.25, 0.3) is 0 Å². The zero-order valence-corrected chi connectivity index (χ0v) is 20.6. The Morgan fingerprint density at radius 3 is 2.28 bits per heavy atom. The number of hydrogen-bond acceptors (Lipinski definition) is 6. The van der Waals surface area contributed by atoms with Gasteiger partial charge in [-0.2, -0.15) is 0 Å². The van der Waals surface area contributed by atoms with Crippen molar-refractivity contribution in [1.82, 2.24) is 5.32 Å². The molecule has 2 radical (unpaired) electrons. The fraction of sp³-hybridized carbons (Fsp3) is 0.217. The topological polar surface area (TPSA) is 85.9 Å². The summed E-state index contributed by atoms with van der Waals surface area (Å²) in [5.41, 5.74) is 2.36. The maximum atomic E-state index is 12.9. The van der Waals surface area contributed by atoms with Crippen molar-refractivity contribution in [1.29, 1.82) is 0 Å². The van der Waals surface area contributed by atoms with Gasteiger partial charge in [-0.15, -0.1) is 0 Å². The van der Waals surface area contributed by atoms with Crippen molar-refractivity contribution in [2.24, 2.45) is 0 Å². The summed E-state index contributed by atoms with van der Waals surface area (Å²) in [7, 11) is 4.78. The first kappa shape index (κ1) is 23.7. The van der Waals surface area contributed by atoms with Crippen LogP contribution in [-0.4, -0.2) is 55.3 Å². The van der Waals surface area contributed by atoms with Crippen LogP contribution in [0.1, 0.15) is 15.9 Å². The minimum atomic E-state index is -0.292. The number of benzene rings is 2. The van der Waals surface area contributed by atoms with Crippen molar-refractivity contribution >= 4 is 43.8 Å². The minimum absolute atomic E-state index is 0.252. The summed E-state index contributed by atoms with van der Waals surface area (Å²) in [5.74, 6) is 1.79. The van der Waals surface area contributed by atoms with Crippen molar-refractivity contribution < 1.29 is 23.8 Å². The Hall–Kier alpha value is -2.96. The van der Waals surface area contributed by atoms with Crippen LogP contribution < -0.4 is 24.8 Å². The standard InChI is InChI=1S/C23H23AsN2O5S/c1-29-16-7-5-15(6-8-16)20-13-17(22(32-20)26-23(24)28)21(27)25-11-10-14-4-9-18(30-2)19(12-14)31-3/h4-9,12-13H,10-11H2,1-3H3,(H,25,27)(H,26,28). The molecule has 2 aromatic carbocycles. The fourth-order valence-corrected chi connectivity index (χ4v) is 4.55. The number of amides is 2. The molecular weight excluding hydrogens is 491 g/mol. The van der Waals surface area contributed by atoms with Gasteiger partial charge in [0.15, 0.2) is 0 Å². The molecule has 32 heavy (non-hydrogen) atoms. The van der Waals surface area contributed by atoms with E-state index >= 15 is 0 Å². The molecular formula is C23H23AsN2O5S. The van der Waals surface area contributed by atoms with Crippen LogP contribution >= 0.6 is 11.3 Å². The predicted molar refractivity (Wildman–Crippen MR) is 127 cm³/mol. The van der Waals surface area contributed by atoms with Crippen LogP contribution in [0.5, 0.6) is 17.2 Å². The van der Waals surface area contributed by atoms with E-state index < -0.39 is 0 Å². The number of methoxy groups -OCH3 is 3. The molecule has 0 saturated heterocycles. The summed E-state index contributed by atoms with van der Waals surface area (Å²) in [6, 6.07) is 15.0. The average Bonchev–Trinajstić information content (AvgIpc) is 3.22. The molecule has 2 N–H and O–H groups in total. The molecule has 0 unspecified atom stereocenters. The third-order valence-corrected chi connectivity index (χ3v) is 6.05. The van der Waals surface area contributed by atoms with Crippen molar-refractivity contribution in [2.75, 3.05) is 33.2 Å². The number of thiophene rings is 1. The fourth-order valence-electron chi connectivity index (χ4n) is 3.10. The molecule has 1 aromatic heterocycles. The summed E-state index contributed by atoms with van der Waals surface area (Å²) < 4.78 is 15.5. The number of ether oxygens (including phenoxy) is 3. The Labute approximate surface area is 199 Å². The molecule has 166 valence electrons. The molecule has 0 aliphatic carbocycles. The van der Waals surface area contributed by atoms with Crippen molar-refractivity contribution in [2.45, 2.75) is 6.42 Å². The molecule has 9 heteroatoms. The second-order valence-electron chi connectivity index (χ2n) is 6.71. The van der Waals surface area contributed by atoms with Gasteiger partial charge in [0.05, 0.1) is 14.2 Å². The van der Waals surface area contributed by atoms with Crippen LogP contribution in [0.4, 0.5) is 9.80 Å². The molecule has 2 amide bonds. The zero-order chi connectivity index (χ0) is 23.1. The van der Waals surface area contributed by atoms with Gasteiger partial charge in [-0.05, 0) is 0 Å². The van der Waals surface area contributed by atoms with E-state index in [4.69, 9.17) is 14.2 Å². The van der Waals surface area contributed by atoms with Crippen LogP contribution in [0.3, 0.4) is 0 Å². The van der Waals surface area contributed by atoms with Gasteiger partial charge >= 0.3 is 181 Å². The summed E-state index contributed by atoms with van der Waals surface area (Å²) in [6.07, 6.45) is 0.619. The van der Waals surface area contributed by atoms with Gasteiger partial charge < -0.3 is 4.74 Å². The maximum absolute atomic E-state index is 12.9. The SMILES string of the molecule is COc1ccc(-c2cc(C(=O)NCCc3ccc(OC)c(OC)c3)c(NC(=O)[As])s2)cc1. The van der Waals surface area contributed by atoms with Gasteiger partial charge in [-0.1, -0.05) is 0 Å². The molecule has 7 nitrogen and oxygen atoms in total. The third-order valence-electron chi connectivity index (χ3n) is 4.72. The first-order valence-corrected chi connectivity index (χ1v) is 11.5. The molecule has 3 rings (SSSR count). The van der Waals surface area contributed by atoms with E-state index in [0.29, 0.717) is 35.0 Å². The first-order chi connectivity index (χ1) is 15.4. The second kappa shape index (κ2) is 11.1. The quantitative estimate of drug-likeness (QED) is 0.420. The Morgan fingerprint density at radius 2 is 1.66 bits per heavy atom. The number of rotatable bonds is 9. The molecule has 0 saturated carbocycles. The van der Waals surface area contributed by atoms with Crippen LogP contribution in [0.25, 0.3) is 10.4 Å². The summed E-state index contributed by atoms with van der Waals surface area (Å²) in [4.78, 5) is 25.4. The number of carbonyl (C=O) groups excluding carboxylic acids is 2. The third kappa shape index (κ3) is 5.84. The van der Waals surface area contributed by atoms with E-state index in [-0.39, 0.29) is 10.6 Å². The molecule has 0 atom stereocenters. The van der Waals surface area contributed by atoms with Crippen molar-refractivity contribution in [3.8, 4) is 27.7 Å².